The molecule has 1 heterocycles. The monoisotopic (exact) mass is 403 g/mol. The molecule has 2 aromatic rings. The van der Waals surface area contributed by atoms with Crippen molar-refractivity contribution in [1.82, 2.24) is 10.2 Å². The zero-order chi connectivity index (χ0) is 19.9. The SMILES string of the molecule is CN(CCNC(=O)C1CCN(Cc2c(F)cccc2Cl)CC1)c1ccccc1. The molecule has 0 radical (unpaired) electrons. The minimum atomic E-state index is -0.269. The van der Waals surface area contributed by atoms with Gasteiger partial charge in [0.1, 0.15) is 5.82 Å². The smallest absolute Gasteiger partial charge is 0.223 e. The number of likely N-dealkylation sites (tertiary alicyclic amines) is 1. The molecular weight excluding hydrogens is 377 g/mol. The molecule has 1 amide bonds. The first kappa shape index (κ1) is 20.6. The summed E-state index contributed by atoms with van der Waals surface area (Å²) < 4.78 is 14.0. The Balaban J connectivity index is 1.40. The zero-order valence-corrected chi connectivity index (χ0v) is 17.0. The number of halogens is 2. The van der Waals surface area contributed by atoms with Crippen LogP contribution < -0.4 is 10.2 Å². The molecule has 0 unspecified atom stereocenters. The molecule has 1 fully saturated rings. The van der Waals surface area contributed by atoms with Crippen molar-refractivity contribution in [1.29, 1.82) is 0 Å². The Labute approximate surface area is 171 Å². The van der Waals surface area contributed by atoms with Crippen molar-refractivity contribution in [3.8, 4) is 0 Å². The van der Waals surface area contributed by atoms with Gasteiger partial charge in [-0.05, 0) is 50.2 Å². The van der Waals surface area contributed by atoms with Crippen LogP contribution in [-0.4, -0.2) is 44.0 Å². The van der Waals surface area contributed by atoms with Gasteiger partial charge in [0, 0.05) is 48.9 Å². The number of nitrogens with zero attached hydrogens (tertiary/aromatic N) is 2. The Morgan fingerprint density at radius 1 is 1.18 bits per heavy atom. The van der Waals surface area contributed by atoms with E-state index in [4.69, 9.17) is 11.6 Å². The highest BCUT2D eigenvalue weighted by Gasteiger charge is 2.25. The van der Waals surface area contributed by atoms with Crippen LogP contribution in [0, 0.1) is 11.7 Å². The number of piperidine rings is 1. The van der Waals surface area contributed by atoms with Crippen LogP contribution in [0.15, 0.2) is 48.5 Å². The molecule has 0 bridgehead atoms. The van der Waals surface area contributed by atoms with Crippen LogP contribution in [0.2, 0.25) is 5.02 Å². The summed E-state index contributed by atoms with van der Waals surface area (Å²) in [5, 5.41) is 3.52. The summed E-state index contributed by atoms with van der Waals surface area (Å²) in [6, 6.07) is 14.9. The summed E-state index contributed by atoms with van der Waals surface area (Å²) in [6.45, 7) is 3.41. The first-order valence-corrected chi connectivity index (χ1v) is 10.1. The van der Waals surface area contributed by atoms with Crippen LogP contribution >= 0.6 is 11.6 Å². The van der Waals surface area contributed by atoms with Crippen molar-refractivity contribution in [3.63, 3.8) is 0 Å². The number of amides is 1. The molecule has 1 aliphatic rings. The molecule has 1 N–H and O–H groups in total. The van der Waals surface area contributed by atoms with Crippen molar-refractivity contribution in [2.24, 2.45) is 5.92 Å². The van der Waals surface area contributed by atoms with Gasteiger partial charge in [-0.2, -0.15) is 0 Å². The van der Waals surface area contributed by atoms with Gasteiger partial charge in [-0.1, -0.05) is 35.9 Å². The Morgan fingerprint density at radius 3 is 2.57 bits per heavy atom. The fourth-order valence-corrected chi connectivity index (χ4v) is 3.79. The van der Waals surface area contributed by atoms with Crippen LogP contribution in [-0.2, 0) is 11.3 Å². The lowest BCUT2D eigenvalue weighted by molar-refractivity contribution is -0.126. The maximum Gasteiger partial charge on any atom is 0.223 e. The number of carbonyl (C=O) groups excluding carboxylic acids is 1. The molecule has 6 heteroatoms. The second-order valence-corrected chi connectivity index (χ2v) is 7.71. The third kappa shape index (κ3) is 5.46. The minimum absolute atomic E-state index is 0.0226. The van der Waals surface area contributed by atoms with Gasteiger partial charge in [0.25, 0.3) is 0 Å². The van der Waals surface area contributed by atoms with Gasteiger partial charge < -0.3 is 10.2 Å². The Bertz CT molecular complexity index is 758. The molecule has 4 nitrogen and oxygen atoms in total. The van der Waals surface area contributed by atoms with E-state index in [1.165, 1.54) is 6.07 Å². The van der Waals surface area contributed by atoms with Crippen LogP contribution in [0.5, 0.6) is 0 Å². The van der Waals surface area contributed by atoms with Crippen molar-refractivity contribution in [2.45, 2.75) is 19.4 Å². The van der Waals surface area contributed by atoms with Crippen LogP contribution in [0.1, 0.15) is 18.4 Å². The molecule has 0 saturated carbocycles. The average molecular weight is 404 g/mol. The molecule has 0 aromatic heterocycles. The summed E-state index contributed by atoms with van der Waals surface area (Å²) in [6.07, 6.45) is 1.57. The predicted octanol–water partition coefficient (Wildman–Crippen LogP) is 3.94. The normalized spacial score (nSPS) is 15.4. The highest BCUT2D eigenvalue weighted by molar-refractivity contribution is 6.31. The van der Waals surface area contributed by atoms with Gasteiger partial charge in [0.2, 0.25) is 5.91 Å². The van der Waals surface area contributed by atoms with Gasteiger partial charge in [-0.25, -0.2) is 4.39 Å². The molecule has 0 aliphatic carbocycles. The van der Waals surface area contributed by atoms with Gasteiger partial charge in [0.05, 0.1) is 0 Å². The number of benzene rings is 2. The molecule has 2 aromatic carbocycles. The average Bonchev–Trinajstić information content (AvgIpc) is 2.72. The topological polar surface area (TPSA) is 35.6 Å². The number of rotatable bonds is 7. The highest BCUT2D eigenvalue weighted by atomic mass is 35.5. The van der Waals surface area contributed by atoms with Crippen molar-refractivity contribution >= 4 is 23.2 Å². The first-order chi connectivity index (χ1) is 13.5. The number of likely N-dealkylation sites (N-methyl/N-ethyl adjacent to an activating group) is 1. The Kier molecular flexibility index (Phi) is 7.29. The van der Waals surface area contributed by atoms with E-state index in [-0.39, 0.29) is 17.6 Å². The van der Waals surface area contributed by atoms with Crippen molar-refractivity contribution in [3.05, 3.63) is 64.9 Å². The first-order valence-electron chi connectivity index (χ1n) is 9.73. The van der Waals surface area contributed by atoms with Gasteiger partial charge in [-0.15, -0.1) is 0 Å². The van der Waals surface area contributed by atoms with Gasteiger partial charge >= 0.3 is 0 Å². The molecule has 28 heavy (non-hydrogen) atoms. The maximum absolute atomic E-state index is 14.0. The van der Waals surface area contributed by atoms with E-state index in [2.05, 4.69) is 27.2 Å². The van der Waals surface area contributed by atoms with E-state index >= 15 is 0 Å². The lowest BCUT2D eigenvalue weighted by atomic mass is 9.95. The quantitative estimate of drug-likeness (QED) is 0.760. The fraction of sp³-hybridized carbons (Fsp3) is 0.409. The van der Waals surface area contributed by atoms with Crippen LogP contribution in [0.4, 0.5) is 10.1 Å². The lowest BCUT2D eigenvalue weighted by Crippen LogP contribution is -2.42. The molecule has 1 aliphatic heterocycles. The third-order valence-corrected chi connectivity index (χ3v) is 5.70. The minimum Gasteiger partial charge on any atom is -0.373 e. The lowest BCUT2D eigenvalue weighted by Gasteiger charge is -2.31. The Morgan fingerprint density at radius 2 is 1.89 bits per heavy atom. The van der Waals surface area contributed by atoms with E-state index < -0.39 is 0 Å². The van der Waals surface area contributed by atoms with Gasteiger partial charge in [-0.3, -0.25) is 9.69 Å². The summed E-state index contributed by atoms with van der Waals surface area (Å²) in [5.74, 6) is -0.130. The number of carbonyl (C=O) groups is 1. The third-order valence-electron chi connectivity index (χ3n) is 5.35. The van der Waals surface area contributed by atoms with E-state index in [0.29, 0.717) is 23.7 Å². The molecule has 3 rings (SSSR count). The molecular formula is C22H27ClFN3O. The molecule has 150 valence electrons. The van der Waals surface area contributed by atoms with Crippen molar-refractivity contribution < 1.29 is 9.18 Å². The molecule has 1 saturated heterocycles. The number of para-hydroxylation sites is 1. The molecule has 0 spiro atoms. The summed E-state index contributed by atoms with van der Waals surface area (Å²) >= 11 is 6.12. The van der Waals surface area contributed by atoms with Crippen molar-refractivity contribution in [2.75, 3.05) is 38.1 Å². The number of anilines is 1. The van der Waals surface area contributed by atoms with E-state index in [1.54, 1.807) is 12.1 Å². The summed E-state index contributed by atoms with van der Waals surface area (Å²) in [5.41, 5.74) is 1.67. The van der Waals surface area contributed by atoms with Crippen LogP contribution in [0.25, 0.3) is 0 Å². The van der Waals surface area contributed by atoms with Gasteiger partial charge in [0.15, 0.2) is 0 Å². The number of nitrogens with one attached hydrogen (secondary N) is 1. The van der Waals surface area contributed by atoms with E-state index in [9.17, 15) is 9.18 Å². The summed E-state index contributed by atoms with van der Waals surface area (Å²) in [4.78, 5) is 16.8. The highest BCUT2D eigenvalue weighted by Crippen LogP contribution is 2.24. The van der Waals surface area contributed by atoms with E-state index in [1.807, 2.05) is 25.2 Å². The number of hydrogen-bond donors (Lipinski definition) is 1. The second kappa shape index (κ2) is 9.89. The second-order valence-electron chi connectivity index (χ2n) is 7.30. The fourth-order valence-electron chi connectivity index (χ4n) is 3.56. The Hall–Kier alpha value is -2.11. The largest absolute Gasteiger partial charge is 0.373 e. The van der Waals surface area contributed by atoms with Crippen LogP contribution in [0.3, 0.4) is 0 Å². The standard InChI is InChI=1S/C22H27ClFN3O/c1-26(18-6-3-2-4-7-18)15-12-25-22(28)17-10-13-27(14-11-17)16-19-20(23)8-5-9-21(19)24/h2-9,17H,10-16H2,1H3,(H,25,28). The summed E-state index contributed by atoms with van der Waals surface area (Å²) in [7, 11) is 2.02. The van der Waals surface area contributed by atoms with E-state index in [0.717, 1.165) is 38.2 Å². The zero-order valence-electron chi connectivity index (χ0n) is 16.2. The maximum atomic E-state index is 14.0. The predicted molar refractivity (Wildman–Crippen MR) is 112 cm³/mol. The number of hydrogen-bond acceptors (Lipinski definition) is 3. The molecule has 0 atom stereocenters.